The maximum atomic E-state index is 8.74. The Balaban J connectivity index is 1.39. The van der Waals surface area contributed by atoms with Gasteiger partial charge in [-0.2, -0.15) is 0 Å². The fourth-order valence-corrected chi connectivity index (χ4v) is 4.41. The fraction of sp³-hybridized carbons (Fsp3) is 0.542. The molecule has 3 N–H and O–H groups in total. The lowest BCUT2D eigenvalue weighted by atomic mass is 9.82. The minimum atomic E-state index is 0.00468. The lowest BCUT2D eigenvalue weighted by Gasteiger charge is -2.41. The molecule has 3 heterocycles. The van der Waals surface area contributed by atoms with E-state index in [0.717, 1.165) is 50.0 Å². The summed E-state index contributed by atoms with van der Waals surface area (Å²) in [5, 5.41) is 8.74. The third kappa shape index (κ3) is 5.19. The maximum Gasteiger partial charge on any atom is 0.214 e. The van der Waals surface area contributed by atoms with Gasteiger partial charge in [0.05, 0.1) is 29.8 Å². The van der Waals surface area contributed by atoms with Gasteiger partial charge in [-0.15, -0.1) is 0 Å². The topological polar surface area (TPSA) is 101 Å². The summed E-state index contributed by atoms with van der Waals surface area (Å²) in [5.41, 5.74) is 8.34. The van der Waals surface area contributed by atoms with E-state index in [9.17, 15) is 0 Å². The molecule has 0 aromatic carbocycles. The summed E-state index contributed by atoms with van der Waals surface area (Å²) in [6.07, 6.45) is 6.17. The standard InChI is InChI=1S/C24H34N6O2/c1-16(2)32-23-13-20(21(25)14-28-23)24(26)18-4-5-27-22(12-18)30-8-6-29(7-9-30)15-17-10-19(11-17)31-3/h4-5,12-14,16-17,19,26H,6-11,15,25H2,1-3H3. The van der Waals surface area contributed by atoms with Gasteiger partial charge in [-0.1, -0.05) is 0 Å². The molecule has 172 valence electrons. The van der Waals surface area contributed by atoms with Crippen LogP contribution in [0.1, 0.15) is 37.8 Å². The summed E-state index contributed by atoms with van der Waals surface area (Å²) in [6.45, 7) is 8.99. The number of nitrogens with zero attached hydrogens (tertiary/aromatic N) is 4. The predicted octanol–water partition coefficient (Wildman–Crippen LogP) is 2.81. The van der Waals surface area contributed by atoms with Crippen molar-refractivity contribution in [3.05, 3.63) is 41.7 Å². The first-order chi connectivity index (χ1) is 15.4. The van der Waals surface area contributed by atoms with Crippen molar-refractivity contribution in [2.45, 2.75) is 38.9 Å². The van der Waals surface area contributed by atoms with Gasteiger partial charge in [-0.25, -0.2) is 9.97 Å². The highest BCUT2D eigenvalue weighted by molar-refractivity contribution is 6.14. The molecule has 0 unspecified atom stereocenters. The summed E-state index contributed by atoms with van der Waals surface area (Å²) < 4.78 is 11.1. The van der Waals surface area contributed by atoms with E-state index in [1.54, 1.807) is 18.5 Å². The number of methoxy groups -OCH3 is 1. The molecule has 4 rings (SSSR count). The molecule has 2 aromatic heterocycles. The summed E-state index contributed by atoms with van der Waals surface area (Å²) >= 11 is 0. The second kappa shape index (κ2) is 9.83. The Morgan fingerprint density at radius 1 is 1.19 bits per heavy atom. The molecule has 0 atom stereocenters. The minimum absolute atomic E-state index is 0.00468. The minimum Gasteiger partial charge on any atom is -0.475 e. The van der Waals surface area contributed by atoms with Crippen LogP contribution in [0.15, 0.2) is 30.6 Å². The van der Waals surface area contributed by atoms with Crippen molar-refractivity contribution < 1.29 is 9.47 Å². The van der Waals surface area contributed by atoms with Crippen LogP contribution in [0.5, 0.6) is 5.88 Å². The number of rotatable bonds is 8. The number of hydrogen-bond donors (Lipinski definition) is 2. The van der Waals surface area contributed by atoms with Gasteiger partial charge in [0.25, 0.3) is 0 Å². The number of nitrogens with one attached hydrogen (secondary N) is 1. The molecule has 1 aliphatic carbocycles. The van der Waals surface area contributed by atoms with Crippen LogP contribution in [0.4, 0.5) is 11.5 Å². The fourth-order valence-electron chi connectivity index (χ4n) is 4.41. The van der Waals surface area contributed by atoms with Crippen molar-refractivity contribution in [3.63, 3.8) is 0 Å². The van der Waals surface area contributed by atoms with E-state index in [1.165, 1.54) is 12.8 Å². The van der Waals surface area contributed by atoms with Crippen molar-refractivity contribution in [1.29, 1.82) is 5.41 Å². The van der Waals surface area contributed by atoms with Crippen LogP contribution < -0.4 is 15.4 Å². The van der Waals surface area contributed by atoms with E-state index < -0.39 is 0 Å². The van der Waals surface area contributed by atoms with E-state index in [2.05, 4.69) is 19.8 Å². The lowest BCUT2D eigenvalue weighted by molar-refractivity contribution is -0.0113. The van der Waals surface area contributed by atoms with Crippen molar-refractivity contribution in [1.82, 2.24) is 14.9 Å². The Hall–Kier alpha value is -2.71. The van der Waals surface area contributed by atoms with Gasteiger partial charge in [0.1, 0.15) is 5.82 Å². The molecule has 8 heteroatoms. The summed E-state index contributed by atoms with van der Waals surface area (Å²) in [7, 11) is 1.81. The average Bonchev–Trinajstić information content (AvgIpc) is 2.77. The molecule has 2 fully saturated rings. The van der Waals surface area contributed by atoms with Crippen molar-refractivity contribution in [2.24, 2.45) is 5.92 Å². The zero-order valence-corrected chi connectivity index (χ0v) is 19.3. The third-order valence-electron chi connectivity index (χ3n) is 6.31. The molecule has 8 nitrogen and oxygen atoms in total. The summed E-state index contributed by atoms with van der Waals surface area (Å²) in [4.78, 5) is 13.6. The second-order valence-electron chi connectivity index (χ2n) is 9.04. The number of hydrogen-bond acceptors (Lipinski definition) is 8. The predicted molar refractivity (Wildman–Crippen MR) is 127 cm³/mol. The van der Waals surface area contributed by atoms with E-state index in [1.807, 2.05) is 33.1 Å². The van der Waals surface area contributed by atoms with Gasteiger partial charge >= 0.3 is 0 Å². The van der Waals surface area contributed by atoms with Crippen molar-refractivity contribution >= 4 is 17.2 Å². The Morgan fingerprint density at radius 3 is 2.62 bits per heavy atom. The molecule has 2 aromatic rings. The Kier molecular flexibility index (Phi) is 6.91. The van der Waals surface area contributed by atoms with Gasteiger partial charge in [-0.3, -0.25) is 10.3 Å². The Bertz CT molecular complexity index is 936. The highest BCUT2D eigenvalue weighted by Crippen LogP contribution is 2.30. The van der Waals surface area contributed by atoms with Crippen molar-refractivity contribution in [3.8, 4) is 5.88 Å². The quantitative estimate of drug-likeness (QED) is 0.611. The van der Waals surface area contributed by atoms with E-state index >= 15 is 0 Å². The molecular weight excluding hydrogens is 404 g/mol. The molecule has 2 aliphatic rings. The van der Waals surface area contributed by atoms with Crippen LogP contribution in [-0.2, 0) is 4.74 Å². The normalized spacial score (nSPS) is 21.4. The molecule has 0 amide bonds. The molecule has 1 saturated carbocycles. The van der Waals surface area contributed by atoms with Gasteiger partial charge < -0.3 is 20.1 Å². The Labute approximate surface area is 190 Å². The molecule has 0 spiro atoms. The summed E-state index contributed by atoms with van der Waals surface area (Å²) in [5.74, 6) is 2.15. The maximum absolute atomic E-state index is 8.74. The van der Waals surface area contributed by atoms with E-state index in [-0.39, 0.29) is 6.10 Å². The van der Waals surface area contributed by atoms with Crippen LogP contribution in [0.3, 0.4) is 0 Å². The number of nitrogen functional groups attached to an aromatic ring is 1. The number of anilines is 2. The van der Waals surface area contributed by atoms with Gasteiger partial charge in [0, 0.05) is 63.2 Å². The van der Waals surface area contributed by atoms with Crippen LogP contribution in [0, 0.1) is 11.3 Å². The van der Waals surface area contributed by atoms with Gasteiger partial charge in [0.2, 0.25) is 5.88 Å². The van der Waals surface area contributed by atoms with E-state index in [4.69, 9.17) is 20.6 Å². The number of piperazine rings is 1. The number of ether oxygens (including phenoxy) is 2. The number of nitrogens with two attached hydrogens (primary N) is 1. The number of pyridine rings is 2. The molecule has 32 heavy (non-hydrogen) atoms. The largest absolute Gasteiger partial charge is 0.475 e. The zero-order chi connectivity index (χ0) is 22.7. The zero-order valence-electron chi connectivity index (χ0n) is 19.3. The van der Waals surface area contributed by atoms with Crippen LogP contribution in [-0.4, -0.2) is 72.6 Å². The third-order valence-corrected chi connectivity index (χ3v) is 6.31. The van der Waals surface area contributed by atoms with E-state index in [0.29, 0.717) is 28.9 Å². The summed E-state index contributed by atoms with van der Waals surface area (Å²) in [6, 6.07) is 5.58. The lowest BCUT2D eigenvalue weighted by Crippen LogP contribution is -2.50. The van der Waals surface area contributed by atoms with Gasteiger partial charge in [0.15, 0.2) is 0 Å². The first-order valence-corrected chi connectivity index (χ1v) is 11.4. The van der Waals surface area contributed by atoms with Crippen LogP contribution in [0.25, 0.3) is 0 Å². The highest BCUT2D eigenvalue weighted by atomic mass is 16.5. The van der Waals surface area contributed by atoms with Gasteiger partial charge in [-0.05, 0) is 44.7 Å². The second-order valence-corrected chi connectivity index (χ2v) is 9.04. The first-order valence-electron chi connectivity index (χ1n) is 11.4. The van der Waals surface area contributed by atoms with Crippen LogP contribution in [0.2, 0.25) is 0 Å². The monoisotopic (exact) mass is 438 g/mol. The molecule has 1 saturated heterocycles. The van der Waals surface area contributed by atoms with Crippen LogP contribution >= 0.6 is 0 Å². The highest BCUT2D eigenvalue weighted by Gasteiger charge is 2.31. The van der Waals surface area contributed by atoms with Crippen molar-refractivity contribution in [2.75, 3.05) is 50.5 Å². The molecule has 0 radical (unpaired) electrons. The first kappa shape index (κ1) is 22.5. The molecular formula is C24H34N6O2. The molecule has 1 aliphatic heterocycles. The SMILES string of the molecule is COC1CC(CN2CCN(c3cc(C(=N)c4cc(OC(C)C)ncc4N)ccn3)CC2)C1. The smallest absolute Gasteiger partial charge is 0.214 e. The molecule has 0 bridgehead atoms. The number of aromatic nitrogens is 2. The average molecular weight is 439 g/mol. The Morgan fingerprint density at radius 2 is 1.94 bits per heavy atom.